The van der Waals surface area contributed by atoms with E-state index in [1.54, 1.807) is 0 Å². The zero-order chi connectivity index (χ0) is 58.9. The molecular weight excluding hydrogens is 1200 g/mol. The fourth-order valence-corrected chi connectivity index (χ4v) is 16.0. The zero-order valence-corrected chi connectivity index (χ0v) is 46.1. The number of ether oxygens (including phenoxy) is 5. The minimum atomic E-state index is -6.45. The molecule has 0 amide bonds. The third kappa shape index (κ3) is 12.5. The fourth-order valence-electron chi connectivity index (χ4n) is 9.33. The lowest BCUT2D eigenvalue weighted by molar-refractivity contribution is -0.745. The van der Waals surface area contributed by atoms with Crippen molar-refractivity contribution >= 4 is 90.1 Å². The largest absolute Gasteiger partial charge is 0.490 e. The van der Waals surface area contributed by atoms with Crippen molar-refractivity contribution in [3.8, 4) is 0 Å². The third-order valence-electron chi connectivity index (χ3n) is 12.8. The number of rotatable bonds is 23. The quantitative estimate of drug-likeness (QED) is 0.0222. The summed E-state index contributed by atoms with van der Waals surface area (Å²) in [6.45, 7) is -3.38. The zero-order valence-electron chi connectivity index (χ0n) is 41.6. The van der Waals surface area contributed by atoms with Crippen molar-refractivity contribution in [3.63, 3.8) is 0 Å². The molecule has 16 N–H and O–H groups in total. The Morgan fingerprint density at radius 1 is 0.679 bits per heavy atom. The standard InChI is InChI=1S/C35H50N15O26P5/c1-47-12-50(28-19(47)30(55)46-35(38)44-28)31-20(51)13(4-5-66-2)14(71-31)6-69-78(58,59)74-80(62,63)76-81(64,65)75-79(60,61)70-8-16-24(23(67-3)33(73-16)48-10-41-17-25(36)39-9-40-26(17)48)77(56,57)68-7-15-21(52)22(53)32(72-15)49-11-42-18-27(49)43-34(37)45-29(18)54/h9-16,20-24,31-33,51-53H,4-8H2,1-3H3,(H12-,36,37,38,39,40,43,44,45,46,54,55,56,57,58,59,60,61,62,63,64,65)/p+1/t13-,14-,15-,16?,20-,21-,22-,23-,24-,31-,32-,33-/m1/s1. The Balaban J connectivity index is 0.870. The van der Waals surface area contributed by atoms with Gasteiger partial charge in [0.1, 0.15) is 54.1 Å². The molecule has 0 bridgehead atoms. The molecule has 17 atom stereocenters. The van der Waals surface area contributed by atoms with Crippen LogP contribution in [0.15, 0.2) is 34.9 Å². The summed E-state index contributed by atoms with van der Waals surface area (Å²) in [5.41, 5.74) is 13.5. The van der Waals surface area contributed by atoms with E-state index in [1.165, 1.54) is 29.6 Å². The summed E-state index contributed by atoms with van der Waals surface area (Å²) in [5.74, 6) is -1.72. The van der Waals surface area contributed by atoms with Gasteiger partial charge in [-0.1, -0.05) is 4.98 Å². The highest BCUT2D eigenvalue weighted by Crippen LogP contribution is 2.72. The fraction of sp³-hybridized carbons (Fsp3) is 0.571. The van der Waals surface area contributed by atoms with Crippen molar-refractivity contribution in [1.29, 1.82) is 0 Å². The molecule has 6 unspecified atom stereocenters. The van der Waals surface area contributed by atoms with Crippen LogP contribution in [0.5, 0.6) is 0 Å². The molecule has 3 aliphatic heterocycles. The van der Waals surface area contributed by atoms with E-state index in [-0.39, 0.29) is 64.2 Å². The first-order valence-corrected chi connectivity index (χ1v) is 30.7. The number of aromatic amines is 2. The first kappa shape index (κ1) is 60.6. The van der Waals surface area contributed by atoms with Gasteiger partial charge >= 0.3 is 44.5 Å². The first-order valence-electron chi connectivity index (χ1n) is 23.1. The lowest BCUT2D eigenvalue weighted by Gasteiger charge is -2.28. The first-order chi connectivity index (χ1) is 37.9. The van der Waals surface area contributed by atoms with Gasteiger partial charge in [-0.3, -0.25) is 46.9 Å². The molecule has 9 rings (SSSR count). The summed E-state index contributed by atoms with van der Waals surface area (Å²) in [7, 11) is -26.4. The molecule has 0 radical (unpaired) electrons. The minimum Gasteiger partial charge on any atom is -0.387 e. The van der Waals surface area contributed by atoms with Gasteiger partial charge in [-0.2, -0.15) is 17.9 Å². The second-order valence-corrected chi connectivity index (χ2v) is 26.2. The molecule has 6 aromatic rings. The minimum absolute atomic E-state index is 0.00557. The number of hydrogen-bond donors (Lipinski definition) is 13. The molecule has 3 aliphatic rings. The van der Waals surface area contributed by atoms with Crippen LogP contribution in [0.2, 0.25) is 0 Å². The predicted octanol–water partition coefficient (Wildman–Crippen LogP) is -3.23. The smallest absolute Gasteiger partial charge is 0.387 e. The number of aliphatic hydroxyl groups is 3. The number of imidazole rings is 3. The number of fused-ring (bicyclic) bond motifs is 3. The number of aromatic nitrogens is 12. The summed E-state index contributed by atoms with van der Waals surface area (Å²) >= 11 is 0. The number of nitrogen functional groups attached to an aromatic ring is 3. The average Bonchev–Trinajstić information content (AvgIpc) is 4.31. The molecule has 0 aliphatic carbocycles. The van der Waals surface area contributed by atoms with Gasteiger partial charge in [0.2, 0.25) is 17.7 Å². The van der Waals surface area contributed by atoms with E-state index in [0.717, 1.165) is 35.2 Å². The Morgan fingerprint density at radius 3 is 1.91 bits per heavy atom. The van der Waals surface area contributed by atoms with Gasteiger partial charge in [-0.25, -0.2) is 42.8 Å². The molecular formula is C35H51N15O26P5+. The molecule has 81 heavy (non-hydrogen) atoms. The van der Waals surface area contributed by atoms with Crippen LogP contribution in [-0.4, -0.2) is 182 Å². The molecule has 9 heterocycles. The van der Waals surface area contributed by atoms with Gasteiger partial charge in [-0.15, -0.1) is 0 Å². The number of anilines is 3. The highest BCUT2D eigenvalue weighted by atomic mass is 31.3. The molecule has 3 saturated heterocycles. The average molecular weight is 1250 g/mol. The van der Waals surface area contributed by atoms with Crippen LogP contribution in [-0.2, 0) is 80.1 Å². The molecule has 6 aromatic heterocycles. The Hall–Kier alpha value is -4.96. The number of H-pyrrole nitrogens is 2. The molecule has 46 heteroatoms. The lowest BCUT2D eigenvalue weighted by Crippen LogP contribution is -2.45. The van der Waals surface area contributed by atoms with Gasteiger partial charge in [0, 0.05) is 26.7 Å². The number of nitrogens with two attached hydrogens (primary N) is 3. The Morgan fingerprint density at radius 2 is 1.26 bits per heavy atom. The molecule has 0 spiro atoms. The van der Waals surface area contributed by atoms with Crippen molar-refractivity contribution in [2.75, 3.05) is 57.8 Å². The Kier molecular flexibility index (Phi) is 17.1. The van der Waals surface area contributed by atoms with Gasteiger partial charge in [-0.05, 0) is 6.42 Å². The monoisotopic (exact) mass is 1250 g/mol. The van der Waals surface area contributed by atoms with Crippen LogP contribution >= 0.6 is 38.9 Å². The van der Waals surface area contributed by atoms with Crippen molar-refractivity contribution in [2.45, 2.75) is 73.5 Å². The van der Waals surface area contributed by atoms with Crippen molar-refractivity contribution in [2.24, 2.45) is 13.0 Å². The van der Waals surface area contributed by atoms with Gasteiger partial charge < -0.3 is 85.2 Å². The van der Waals surface area contributed by atoms with E-state index < -0.39 is 143 Å². The van der Waals surface area contributed by atoms with E-state index >= 15 is 0 Å². The van der Waals surface area contributed by atoms with Crippen molar-refractivity contribution in [3.05, 3.63) is 46.0 Å². The van der Waals surface area contributed by atoms with E-state index in [9.17, 15) is 72.2 Å². The Labute approximate surface area is 450 Å². The maximum absolute atomic E-state index is 14.4. The number of phosphoric acid groups is 4. The summed E-state index contributed by atoms with van der Waals surface area (Å²) < 4.78 is 127. The van der Waals surface area contributed by atoms with Crippen molar-refractivity contribution < 1.29 is 117 Å². The molecule has 41 nitrogen and oxygen atoms in total. The third-order valence-corrected chi connectivity index (χ3v) is 20.6. The Bertz CT molecular complexity index is 3710. The predicted molar refractivity (Wildman–Crippen MR) is 263 cm³/mol. The van der Waals surface area contributed by atoms with Crippen LogP contribution in [0.25, 0.3) is 33.5 Å². The summed E-state index contributed by atoms with van der Waals surface area (Å²) in [5, 5.41) is 33.3. The number of nitrogens with one attached hydrogen (secondary N) is 2. The number of aliphatic hydroxyl groups excluding tert-OH is 3. The SMILES string of the molecule is COCC[C@H]1[C@@H](O)[C@H]([n+]2cn(C)c3c(=O)[nH]c(N)nc32)O[C@@H]1COP(=O)(O)OP(=O)(O)OP(=O)(O)OP(=O)(O)OCC1O[C@@H](n2cnc3c(N)ncnc32)[C@H](OC)[C@@H]1P(=O)(O)OC[C@H]1O[C@@H](n2cnc3c(=O)[nH]c(N)nc32)[C@H](O)[C@@H]1O. The van der Waals surface area contributed by atoms with Crippen LogP contribution in [0.3, 0.4) is 0 Å². The molecule has 446 valence electrons. The van der Waals surface area contributed by atoms with Crippen LogP contribution in [0, 0.1) is 5.92 Å². The van der Waals surface area contributed by atoms with Gasteiger partial charge in [0.25, 0.3) is 17.1 Å². The molecule has 3 fully saturated rings. The summed E-state index contributed by atoms with van der Waals surface area (Å²) in [4.78, 5) is 107. The van der Waals surface area contributed by atoms with Crippen LogP contribution in [0.1, 0.15) is 25.1 Å². The van der Waals surface area contributed by atoms with E-state index in [0.29, 0.717) is 0 Å². The number of methoxy groups -OCH3 is 2. The van der Waals surface area contributed by atoms with E-state index in [2.05, 4.69) is 52.8 Å². The second kappa shape index (κ2) is 22.9. The maximum atomic E-state index is 14.4. The molecule has 0 saturated carbocycles. The van der Waals surface area contributed by atoms with Crippen LogP contribution in [0.4, 0.5) is 17.7 Å². The second-order valence-electron chi connectivity index (χ2n) is 18.0. The number of aryl methyl sites for hydroxylation is 1. The van der Waals surface area contributed by atoms with Crippen LogP contribution < -0.4 is 32.9 Å². The summed E-state index contributed by atoms with van der Waals surface area (Å²) in [6.07, 6.45) is -11.6. The topological polar surface area (TPSA) is 589 Å². The van der Waals surface area contributed by atoms with Gasteiger partial charge in [0.15, 0.2) is 41.4 Å². The number of phosphoric ester groups is 2. The molecule has 0 aromatic carbocycles. The number of nitrogens with zero attached hydrogens (tertiary/aromatic N) is 10. The summed E-state index contributed by atoms with van der Waals surface area (Å²) in [6, 6.07) is 0. The van der Waals surface area contributed by atoms with Gasteiger partial charge in [0.05, 0.1) is 45.6 Å². The lowest BCUT2D eigenvalue weighted by atomic mass is 9.95. The van der Waals surface area contributed by atoms with Crippen molar-refractivity contribution in [1.82, 2.24) is 53.6 Å². The maximum Gasteiger partial charge on any atom is 0.490 e. The highest BCUT2D eigenvalue weighted by Gasteiger charge is 2.58. The van der Waals surface area contributed by atoms with E-state index in [4.69, 9.17) is 54.5 Å². The number of hydrogen-bond acceptors (Lipinski definition) is 30. The normalized spacial score (nSPS) is 29.9. The van der Waals surface area contributed by atoms with E-state index in [1.807, 2.05) is 0 Å². The highest BCUT2D eigenvalue weighted by molar-refractivity contribution is 7.69.